The third-order valence-corrected chi connectivity index (χ3v) is 4.95. The number of amides is 1. The van der Waals surface area contributed by atoms with E-state index >= 15 is 0 Å². The third-order valence-electron chi connectivity index (χ3n) is 4.95. The number of halogens is 1. The predicted octanol–water partition coefficient (Wildman–Crippen LogP) is 2.41. The minimum Gasteiger partial charge on any atom is -0.383 e. The standard InChI is InChI=1S/C20H20FN5O/c1-25-5-7-26(8-6-25)20(27)17-11-14(13-3-2-4-15(21)9-13)10-16-18(17)23-12-24-19(16)22/h2-4,9-12H,5-8H2,1H3,(H2,22,23,24). The summed E-state index contributed by atoms with van der Waals surface area (Å²) in [4.78, 5) is 25.6. The van der Waals surface area contributed by atoms with Crippen LogP contribution in [0.15, 0.2) is 42.7 Å². The highest BCUT2D eigenvalue weighted by Gasteiger charge is 2.24. The van der Waals surface area contributed by atoms with Crippen LogP contribution in [0.25, 0.3) is 22.0 Å². The summed E-state index contributed by atoms with van der Waals surface area (Å²) < 4.78 is 13.7. The Kier molecular flexibility index (Phi) is 4.45. The maximum Gasteiger partial charge on any atom is 0.256 e. The van der Waals surface area contributed by atoms with Crippen LogP contribution in [0.5, 0.6) is 0 Å². The second-order valence-corrected chi connectivity index (χ2v) is 6.78. The normalized spacial score (nSPS) is 15.3. The Morgan fingerprint density at radius 2 is 1.85 bits per heavy atom. The fourth-order valence-electron chi connectivity index (χ4n) is 3.36. The van der Waals surface area contributed by atoms with Crippen LogP contribution in [0.4, 0.5) is 10.2 Å². The molecule has 1 aliphatic rings. The highest BCUT2D eigenvalue weighted by atomic mass is 19.1. The molecule has 2 N–H and O–H groups in total. The quantitative estimate of drug-likeness (QED) is 0.755. The van der Waals surface area contributed by atoms with Crippen LogP contribution in [0.2, 0.25) is 0 Å². The lowest BCUT2D eigenvalue weighted by Gasteiger charge is -2.32. The van der Waals surface area contributed by atoms with Gasteiger partial charge in [-0.05, 0) is 42.4 Å². The van der Waals surface area contributed by atoms with E-state index in [0.29, 0.717) is 46.5 Å². The summed E-state index contributed by atoms with van der Waals surface area (Å²) >= 11 is 0. The summed E-state index contributed by atoms with van der Waals surface area (Å²) in [7, 11) is 2.04. The zero-order valence-corrected chi connectivity index (χ0v) is 15.0. The van der Waals surface area contributed by atoms with Crippen molar-refractivity contribution in [1.29, 1.82) is 0 Å². The Balaban J connectivity index is 1.85. The van der Waals surface area contributed by atoms with Gasteiger partial charge in [-0.15, -0.1) is 0 Å². The van der Waals surface area contributed by atoms with E-state index < -0.39 is 0 Å². The molecule has 4 rings (SSSR count). The Labute approximate surface area is 156 Å². The molecule has 2 heterocycles. The number of hydrogen-bond acceptors (Lipinski definition) is 5. The maximum absolute atomic E-state index is 13.7. The van der Waals surface area contributed by atoms with Crippen molar-refractivity contribution < 1.29 is 9.18 Å². The molecule has 0 atom stereocenters. The summed E-state index contributed by atoms with van der Waals surface area (Å²) in [5, 5.41) is 0.594. The molecule has 1 amide bonds. The summed E-state index contributed by atoms with van der Waals surface area (Å²) in [5.41, 5.74) is 8.41. The van der Waals surface area contributed by atoms with Crippen LogP contribution >= 0.6 is 0 Å². The van der Waals surface area contributed by atoms with Crippen molar-refractivity contribution in [2.45, 2.75) is 0 Å². The van der Waals surface area contributed by atoms with Crippen molar-refractivity contribution >= 4 is 22.6 Å². The minimum atomic E-state index is -0.336. The van der Waals surface area contributed by atoms with Crippen molar-refractivity contribution in [2.75, 3.05) is 39.0 Å². The van der Waals surface area contributed by atoms with Crippen molar-refractivity contribution in [3.05, 3.63) is 54.1 Å². The molecule has 0 unspecified atom stereocenters. The number of aromatic nitrogens is 2. The van der Waals surface area contributed by atoms with E-state index in [2.05, 4.69) is 14.9 Å². The summed E-state index contributed by atoms with van der Waals surface area (Å²) in [5.74, 6) is -0.132. The zero-order valence-electron chi connectivity index (χ0n) is 15.0. The molecule has 0 radical (unpaired) electrons. The molecule has 27 heavy (non-hydrogen) atoms. The lowest BCUT2D eigenvalue weighted by molar-refractivity contribution is 0.0666. The van der Waals surface area contributed by atoms with Gasteiger partial charge >= 0.3 is 0 Å². The van der Waals surface area contributed by atoms with Gasteiger partial charge < -0.3 is 15.5 Å². The van der Waals surface area contributed by atoms with E-state index in [1.54, 1.807) is 24.3 Å². The smallest absolute Gasteiger partial charge is 0.256 e. The Morgan fingerprint density at radius 1 is 1.07 bits per heavy atom. The lowest BCUT2D eigenvalue weighted by Crippen LogP contribution is -2.47. The molecule has 1 aliphatic heterocycles. The summed E-state index contributed by atoms with van der Waals surface area (Å²) in [6.45, 7) is 2.96. The van der Waals surface area contributed by atoms with Gasteiger partial charge in [-0.25, -0.2) is 14.4 Å². The van der Waals surface area contributed by atoms with E-state index in [4.69, 9.17) is 5.73 Å². The van der Waals surface area contributed by atoms with Gasteiger partial charge in [0.05, 0.1) is 11.1 Å². The molecular formula is C20H20FN5O. The van der Waals surface area contributed by atoms with Gasteiger partial charge in [-0.3, -0.25) is 4.79 Å². The van der Waals surface area contributed by atoms with Crippen LogP contribution in [0.3, 0.4) is 0 Å². The van der Waals surface area contributed by atoms with Crippen LogP contribution in [-0.2, 0) is 0 Å². The Hall–Kier alpha value is -3.06. The number of carbonyl (C=O) groups excluding carboxylic acids is 1. The van der Waals surface area contributed by atoms with Crippen LogP contribution in [-0.4, -0.2) is 58.9 Å². The van der Waals surface area contributed by atoms with Crippen LogP contribution in [0.1, 0.15) is 10.4 Å². The molecule has 0 bridgehead atoms. The number of piperazine rings is 1. The topological polar surface area (TPSA) is 75.3 Å². The van der Waals surface area contributed by atoms with Gasteiger partial charge in [-0.1, -0.05) is 12.1 Å². The molecule has 6 nitrogen and oxygen atoms in total. The van der Waals surface area contributed by atoms with Gasteiger partial charge in [0.2, 0.25) is 0 Å². The average Bonchev–Trinajstić information content (AvgIpc) is 2.68. The molecule has 7 heteroatoms. The minimum absolute atomic E-state index is 0.0931. The SMILES string of the molecule is CN1CCN(C(=O)c2cc(-c3cccc(F)c3)cc3c(N)ncnc23)CC1. The number of anilines is 1. The number of nitrogens with zero attached hydrogens (tertiary/aromatic N) is 4. The maximum atomic E-state index is 13.7. The number of likely N-dealkylation sites (N-methyl/N-ethyl adjacent to an activating group) is 1. The van der Waals surface area contributed by atoms with Gasteiger partial charge in [0, 0.05) is 31.6 Å². The first-order valence-electron chi connectivity index (χ1n) is 8.81. The molecule has 1 saturated heterocycles. The lowest BCUT2D eigenvalue weighted by atomic mass is 9.98. The molecule has 138 valence electrons. The fraction of sp³-hybridized carbons (Fsp3) is 0.250. The third kappa shape index (κ3) is 3.33. The first-order valence-corrected chi connectivity index (χ1v) is 8.81. The molecule has 0 saturated carbocycles. The molecule has 3 aromatic rings. The van der Waals surface area contributed by atoms with E-state index in [1.165, 1.54) is 18.5 Å². The molecule has 2 aromatic carbocycles. The Morgan fingerprint density at radius 3 is 2.59 bits per heavy atom. The van der Waals surface area contributed by atoms with Gasteiger partial charge in [0.25, 0.3) is 5.91 Å². The van der Waals surface area contributed by atoms with Gasteiger partial charge in [-0.2, -0.15) is 0 Å². The highest BCUT2D eigenvalue weighted by Crippen LogP contribution is 2.30. The molecule has 1 fully saturated rings. The number of rotatable bonds is 2. The largest absolute Gasteiger partial charge is 0.383 e. The summed E-state index contributed by atoms with van der Waals surface area (Å²) in [6, 6.07) is 9.84. The van der Waals surface area contributed by atoms with E-state index in [9.17, 15) is 9.18 Å². The Bertz CT molecular complexity index is 1010. The van der Waals surface area contributed by atoms with Crippen LogP contribution in [0, 0.1) is 5.82 Å². The van der Waals surface area contributed by atoms with Crippen LogP contribution < -0.4 is 5.73 Å². The first kappa shape index (κ1) is 17.4. The van der Waals surface area contributed by atoms with Crippen molar-refractivity contribution in [3.63, 3.8) is 0 Å². The fourth-order valence-corrected chi connectivity index (χ4v) is 3.36. The molecular weight excluding hydrogens is 345 g/mol. The second-order valence-electron chi connectivity index (χ2n) is 6.78. The molecule has 1 aromatic heterocycles. The predicted molar refractivity (Wildman–Crippen MR) is 103 cm³/mol. The molecule has 0 spiro atoms. The number of benzene rings is 2. The first-order chi connectivity index (χ1) is 13.0. The number of nitrogen functional groups attached to an aromatic ring is 1. The van der Waals surface area contributed by atoms with E-state index in [0.717, 1.165) is 13.1 Å². The van der Waals surface area contributed by atoms with E-state index in [1.807, 2.05) is 11.9 Å². The monoisotopic (exact) mass is 365 g/mol. The van der Waals surface area contributed by atoms with Gasteiger partial charge in [0.1, 0.15) is 18.0 Å². The van der Waals surface area contributed by atoms with Crippen molar-refractivity contribution in [2.24, 2.45) is 0 Å². The second kappa shape index (κ2) is 6.92. The van der Waals surface area contributed by atoms with Gasteiger partial charge in [0.15, 0.2) is 0 Å². The van der Waals surface area contributed by atoms with E-state index in [-0.39, 0.29) is 11.7 Å². The average molecular weight is 365 g/mol. The number of carbonyl (C=O) groups is 1. The number of fused-ring (bicyclic) bond motifs is 1. The summed E-state index contributed by atoms with van der Waals surface area (Å²) in [6.07, 6.45) is 1.36. The zero-order chi connectivity index (χ0) is 19.0. The van der Waals surface area contributed by atoms with Crippen molar-refractivity contribution in [1.82, 2.24) is 19.8 Å². The number of nitrogens with two attached hydrogens (primary N) is 1. The highest BCUT2D eigenvalue weighted by molar-refractivity contribution is 6.09. The number of hydrogen-bond donors (Lipinski definition) is 1. The van der Waals surface area contributed by atoms with Crippen molar-refractivity contribution in [3.8, 4) is 11.1 Å². The molecule has 0 aliphatic carbocycles.